The summed E-state index contributed by atoms with van der Waals surface area (Å²) in [6.45, 7) is 0. The Morgan fingerprint density at radius 1 is 1.05 bits per heavy atom. The quantitative estimate of drug-likeness (QED) is 0.725. The van der Waals surface area contributed by atoms with Crippen molar-refractivity contribution in [2.24, 2.45) is 0 Å². The van der Waals surface area contributed by atoms with Crippen LogP contribution in [0.15, 0.2) is 47.5 Å². The molecule has 0 fully saturated rings. The third-order valence-electron chi connectivity index (χ3n) is 2.05. The average molecular weight is 292 g/mol. The highest BCUT2D eigenvalue weighted by atomic mass is 35.5. The Balaban J connectivity index is 1.94. The summed E-state index contributed by atoms with van der Waals surface area (Å²) in [7, 11) is 0. The van der Waals surface area contributed by atoms with Gasteiger partial charge in [-0.15, -0.1) is 0 Å². The van der Waals surface area contributed by atoms with Crippen molar-refractivity contribution in [1.82, 2.24) is 34.5 Å². The summed E-state index contributed by atoms with van der Waals surface area (Å²) >= 11 is 7.15. The van der Waals surface area contributed by atoms with Gasteiger partial charge in [0.2, 0.25) is 11.2 Å². The predicted molar refractivity (Wildman–Crippen MR) is 68.1 cm³/mol. The smallest absolute Gasteiger partial charge is 0.240 e. The van der Waals surface area contributed by atoms with E-state index in [0.717, 1.165) is 0 Å². The van der Waals surface area contributed by atoms with Crippen molar-refractivity contribution in [3.05, 3.63) is 42.6 Å². The van der Waals surface area contributed by atoms with Gasteiger partial charge in [0, 0.05) is 24.8 Å². The number of aromatic nitrogens is 7. The molecule has 0 radical (unpaired) electrons. The Morgan fingerprint density at radius 2 is 2.00 bits per heavy atom. The molecule has 7 nitrogen and oxygen atoms in total. The molecule has 0 saturated carbocycles. The second kappa shape index (κ2) is 5.29. The van der Waals surface area contributed by atoms with Gasteiger partial charge in [0.25, 0.3) is 0 Å². The molecule has 0 aliphatic heterocycles. The van der Waals surface area contributed by atoms with Gasteiger partial charge >= 0.3 is 0 Å². The second-order valence-electron chi connectivity index (χ2n) is 3.30. The molecular formula is C10H6ClN7S. The zero-order valence-electron chi connectivity index (χ0n) is 9.38. The molecule has 0 unspecified atom stereocenters. The van der Waals surface area contributed by atoms with E-state index in [1.54, 1.807) is 41.9 Å². The van der Waals surface area contributed by atoms with Gasteiger partial charge in [-0.25, -0.2) is 9.97 Å². The Bertz CT molecular complexity index is 674. The molecule has 0 bridgehead atoms. The summed E-state index contributed by atoms with van der Waals surface area (Å²) in [4.78, 5) is 24.4. The lowest BCUT2D eigenvalue weighted by atomic mass is 10.8. The molecule has 0 N–H and O–H groups in total. The van der Waals surface area contributed by atoms with Gasteiger partial charge < -0.3 is 0 Å². The lowest BCUT2D eigenvalue weighted by molar-refractivity contribution is 0.821. The number of hydrogen-bond acceptors (Lipinski definition) is 7. The van der Waals surface area contributed by atoms with E-state index < -0.39 is 0 Å². The highest BCUT2D eigenvalue weighted by molar-refractivity contribution is 7.99. The minimum absolute atomic E-state index is 0.116. The minimum Gasteiger partial charge on any atom is -0.274 e. The summed E-state index contributed by atoms with van der Waals surface area (Å²) in [6, 6.07) is 0. The number of rotatable bonds is 3. The Labute approximate surface area is 117 Å². The van der Waals surface area contributed by atoms with Crippen LogP contribution >= 0.6 is 23.4 Å². The third kappa shape index (κ3) is 2.85. The van der Waals surface area contributed by atoms with Gasteiger partial charge in [0.1, 0.15) is 11.4 Å². The van der Waals surface area contributed by atoms with Crippen LogP contribution in [0.5, 0.6) is 0 Å². The highest BCUT2D eigenvalue weighted by Gasteiger charge is 2.08. The van der Waals surface area contributed by atoms with Crippen LogP contribution in [0.4, 0.5) is 0 Å². The fourth-order valence-corrected chi connectivity index (χ4v) is 2.17. The van der Waals surface area contributed by atoms with E-state index in [9.17, 15) is 0 Å². The molecule has 0 amide bonds. The molecule has 0 saturated heterocycles. The summed E-state index contributed by atoms with van der Waals surface area (Å²) in [5.41, 5.74) is 0. The fourth-order valence-electron chi connectivity index (χ4n) is 1.29. The normalized spacial score (nSPS) is 10.6. The first kappa shape index (κ1) is 12.0. The SMILES string of the molecule is Clc1nc(Sc2cnccn2)nc(-n2ccnc2)n1. The minimum atomic E-state index is 0.116. The first-order valence-electron chi connectivity index (χ1n) is 5.15. The Kier molecular flexibility index (Phi) is 3.34. The topological polar surface area (TPSA) is 82.3 Å². The van der Waals surface area contributed by atoms with Gasteiger partial charge in [0.15, 0.2) is 5.16 Å². The molecule has 3 aromatic rings. The van der Waals surface area contributed by atoms with Gasteiger partial charge in [-0.3, -0.25) is 9.55 Å². The zero-order chi connectivity index (χ0) is 13.1. The van der Waals surface area contributed by atoms with Gasteiger partial charge in [-0.2, -0.15) is 15.0 Å². The largest absolute Gasteiger partial charge is 0.274 e. The predicted octanol–water partition coefficient (Wildman–Crippen LogP) is 1.65. The van der Waals surface area contributed by atoms with Crippen molar-refractivity contribution in [1.29, 1.82) is 0 Å². The molecule has 0 aliphatic carbocycles. The monoisotopic (exact) mass is 291 g/mol. The Morgan fingerprint density at radius 3 is 2.74 bits per heavy atom. The summed E-state index contributed by atoms with van der Waals surface area (Å²) in [6.07, 6.45) is 9.76. The number of nitrogens with zero attached hydrogens (tertiary/aromatic N) is 7. The van der Waals surface area contributed by atoms with E-state index in [-0.39, 0.29) is 5.28 Å². The first-order valence-corrected chi connectivity index (χ1v) is 6.34. The molecule has 19 heavy (non-hydrogen) atoms. The molecule has 0 spiro atoms. The van der Waals surface area contributed by atoms with Crippen molar-refractivity contribution in [2.45, 2.75) is 10.2 Å². The van der Waals surface area contributed by atoms with E-state index in [1.165, 1.54) is 11.8 Å². The second-order valence-corrected chi connectivity index (χ2v) is 4.63. The molecular weight excluding hydrogens is 286 g/mol. The lowest BCUT2D eigenvalue weighted by Gasteiger charge is -2.03. The van der Waals surface area contributed by atoms with Crippen molar-refractivity contribution < 1.29 is 0 Å². The van der Waals surface area contributed by atoms with Crippen LogP contribution in [-0.4, -0.2) is 34.5 Å². The van der Waals surface area contributed by atoms with Crippen molar-refractivity contribution in [2.75, 3.05) is 0 Å². The molecule has 94 valence electrons. The number of hydrogen-bond donors (Lipinski definition) is 0. The summed E-state index contributed by atoms with van der Waals surface area (Å²) in [5, 5.41) is 1.25. The van der Waals surface area contributed by atoms with Crippen molar-refractivity contribution in [3.63, 3.8) is 0 Å². The van der Waals surface area contributed by atoms with Crippen LogP contribution in [0.25, 0.3) is 5.95 Å². The average Bonchev–Trinajstić information content (AvgIpc) is 2.93. The van der Waals surface area contributed by atoms with Crippen LogP contribution in [0, 0.1) is 0 Å². The zero-order valence-corrected chi connectivity index (χ0v) is 11.0. The summed E-state index contributed by atoms with van der Waals surface area (Å²) < 4.78 is 1.65. The van der Waals surface area contributed by atoms with E-state index in [2.05, 4.69) is 29.9 Å². The first-order chi connectivity index (χ1) is 9.31. The number of halogens is 1. The molecule has 0 atom stereocenters. The number of imidazole rings is 1. The van der Waals surface area contributed by atoms with E-state index in [0.29, 0.717) is 16.1 Å². The van der Waals surface area contributed by atoms with Gasteiger partial charge in [-0.05, 0) is 23.4 Å². The van der Waals surface area contributed by atoms with E-state index >= 15 is 0 Å². The summed E-state index contributed by atoms with van der Waals surface area (Å²) in [5.74, 6) is 0.406. The molecule has 0 aliphatic rings. The Hall–Kier alpha value is -2.06. The molecule has 3 rings (SSSR count). The maximum absolute atomic E-state index is 5.89. The molecule has 9 heteroatoms. The van der Waals surface area contributed by atoms with Crippen LogP contribution in [0.3, 0.4) is 0 Å². The molecule has 3 heterocycles. The molecule has 0 aromatic carbocycles. The molecule has 3 aromatic heterocycles. The van der Waals surface area contributed by atoms with Gasteiger partial charge in [-0.1, -0.05) is 0 Å². The van der Waals surface area contributed by atoms with E-state index in [4.69, 9.17) is 11.6 Å². The third-order valence-corrected chi connectivity index (χ3v) is 3.00. The van der Waals surface area contributed by atoms with Crippen LogP contribution in [0.1, 0.15) is 0 Å². The van der Waals surface area contributed by atoms with Crippen LogP contribution < -0.4 is 0 Å². The van der Waals surface area contributed by atoms with Crippen LogP contribution in [-0.2, 0) is 0 Å². The standard InChI is InChI=1S/C10H6ClN7S/c11-8-15-9(18-4-3-13-6-18)17-10(16-8)19-7-5-12-1-2-14-7/h1-6H. The maximum Gasteiger partial charge on any atom is 0.240 e. The van der Waals surface area contributed by atoms with E-state index in [1.807, 2.05) is 0 Å². The van der Waals surface area contributed by atoms with Crippen molar-refractivity contribution >= 4 is 23.4 Å². The maximum atomic E-state index is 5.89. The highest BCUT2D eigenvalue weighted by Crippen LogP contribution is 2.22. The van der Waals surface area contributed by atoms with Crippen LogP contribution in [0.2, 0.25) is 5.28 Å². The van der Waals surface area contributed by atoms with Crippen molar-refractivity contribution in [3.8, 4) is 5.95 Å². The lowest BCUT2D eigenvalue weighted by Crippen LogP contribution is -2.02. The van der Waals surface area contributed by atoms with Gasteiger partial charge in [0.05, 0.1) is 6.20 Å². The fraction of sp³-hybridized carbons (Fsp3) is 0.